The number of rotatable bonds is 6. The lowest BCUT2D eigenvalue weighted by Crippen LogP contribution is -2.45. The number of likely N-dealkylation sites (tertiary alicyclic amines) is 1. The molecule has 2 atom stereocenters. The van der Waals surface area contributed by atoms with Crippen LogP contribution in [0.4, 0.5) is 0 Å². The SMILES string of the molecule is COC(=O)CC(C)N1CCCC(CNC(C)C)C1. The van der Waals surface area contributed by atoms with Crippen molar-refractivity contribution in [3.63, 3.8) is 0 Å². The van der Waals surface area contributed by atoms with Crippen molar-refractivity contribution < 1.29 is 9.53 Å². The average Bonchev–Trinajstić information content (AvgIpc) is 2.36. The number of hydrogen-bond donors (Lipinski definition) is 1. The third-order valence-corrected chi connectivity index (χ3v) is 3.68. The van der Waals surface area contributed by atoms with Crippen molar-refractivity contribution in [3.05, 3.63) is 0 Å². The Hall–Kier alpha value is -0.610. The zero-order valence-electron chi connectivity index (χ0n) is 12.2. The largest absolute Gasteiger partial charge is 0.469 e. The summed E-state index contributed by atoms with van der Waals surface area (Å²) in [7, 11) is 1.46. The van der Waals surface area contributed by atoms with Gasteiger partial charge in [0.05, 0.1) is 13.5 Å². The molecule has 0 aliphatic carbocycles. The first kappa shape index (κ1) is 15.4. The van der Waals surface area contributed by atoms with Crippen molar-refractivity contribution in [3.8, 4) is 0 Å². The number of esters is 1. The molecule has 0 spiro atoms. The molecule has 4 heteroatoms. The quantitative estimate of drug-likeness (QED) is 0.734. The molecule has 1 fully saturated rings. The maximum Gasteiger partial charge on any atom is 0.307 e. The van der Waals surface area contributed by atoms with Crippen LogP contribution in [-0.4, -0.2) is 49.7 Å². The van der Waals surface area contributed by atoms with Crippen LogP contribution in [0.3, 0.4) is 0 Å². The highest BCUT2D eigenvalue weighted by Gasteiger charge is 2.24. The lowest BCUT2D eigenvalue weighted by Gasteiger charge is -2.36. The first-order valence-corrected chi connectivity index (χ1v) is 7.07. The van der Waals surface area contributed by atoms with Gasteiger partial charge in [-0.3, -0.25) is 9.69 Å². The van der Waals surface area contributed by atoms with Gasteiger partial charge in [0.25, 0.3) is 0 Å². The highest BCUT2D eigenvalue weighted by Crippen LogP contribution is 2.19. The van der Waals surface area contributed by atoms with E-state index >= 15 is 0 Å². The highest BCUT2D eigenvalue weighted by atomic mass is 16.5. The summed E-state index contributed by atoms with van der Waals surface area (Å²) >= 11 is 0. The van der Waals surface area contributed by atoms with E-state index in [0.29, 0.717) is 24.4 Å². The Morgan fingerprint density at radius 1 is 1.44 bits per heavy atom. The molecule has 1 saturated heterocycles. The maximum absolute atomic E-state index is 11.3. The van der Waals surface area contributed by atoms with Crippen LogP contribution in [0.1, 0.15) is 40.0 Å². The van der Waals surface area contributed by atoms with Gasteiger partial charge in [-0.15, -0.1) is 0 Å². The van der Waals surface area contributed by atoms with Gasteiger partial charge >= 0.3 is 5.97 Å². The summed E-state index contributed by atoms with van der Waals surface area (Å²) in [4.78, 5) is 13.7. The molecule has 0 aromatic rings. The molecule has 0 amide bonds. The van der Waals surface area contributed by atoms with Gasteiger partial charge in [0.1, 0.15) is 0 Å². The second-order valence-electron chi connectivity index (χ2n) is 5.70. The van der Waals surface area contributed by atoms with E-state index in [2.05, 4.69) is 31.0 Å². The fourth-order valence-corrected chi connectivity index (χ4v) is 2.52. The lowest BCUT2D eigenvalue weighted by atomic mass is 9.96. The fraction of sp³-hybridized carbons (Fsp3) is 0.929. The first-order valence-electron chi connectivity index (χ1n) is 7.07. The molecule has 0 aromatic carbocycles. The molecular formula is C14H28N2O2. The van der Waals surface area contributed by atoms with E-state index in [-0.39, 0.29) is 5.97 Å². The number of methoxy groups -OCH3 is 1. The minimum atomic E-state index is -0.107. The molecule has 0 bridgehead atoms. The van der Waals surface area contributed by atoms with Crippen LogP contribution in [0.5, 0.6) is 0 Å². The van der Waals surface area contributed by atoms with Crippen LogP contribution in [0.15, 0.2) is 0 Å². The summed E-state index contributed by atoms with van der Waals surface area (Å²) in [5, 5.41) is 3.51. The maximum atomic E-state index is 11.3. The predicted molar refractivity (Wildman–Crippen MR) is 73.5 cm³/mol. The van der Waals surface area contributed by atoms with Crippen LogP contribution < -0.4 is 5.32 Å². The molecule has 1 aliphatic rings. The Balaban J connectivity index is 2.35. The standard InChI is InChI=1S/C14H28N2O2/c1-11(2)15-9-13-6-5-7-16(10-13)12(3)8-14(17)18-4/h11-13,15H,5-10H2,1-4H3. The molecule has 1 aliphatic heterocycles. The van der Waals surface area contributed by atoms with Crippen molar-refractivity contribution in [1.29, 1.82) is 0 Å². The number of hydrogen-bond acceptors (Lipinski definition) is 4. The van der Waals surface area contributed by atoms with Gasteiger partial charge in [0.15, 0.2) is 0 Å². The Kier molecular flexibility index (Phi) is 6.65. The molecule has 18 heavy (non-hydrogen) atoms. The average molecular weight is 256 g/mol. The molecule has 106 valence electrons. The molecule has 0 radical (unpaired) electrons. The zero-order chi connectivity index (χ0) is 13.5. The van der Waals surface area contributed by atoms with E-state index in [1.54, 1.807) is 0 Å². The van der Waals surface area contributed by atoms with E-state index in [0.717, 1.165) is 19.6 Å². The second kappa shape index (κ2) is 7.74. The van der Waals surface area contributed by atoms with Gasteiger partial charge < -0.3 is 10.1 Å². The Bertz CT molecular complexity index is 256. The summed E-state index contributed by atoms with van der Waals surface area (Å²) < 4.78 is 4.74. The van der Waals surface area contributed by atoms with Crippen molar-refractivity contribution in [1.82, 2.24) is 10.2 Å². The highest BCUT2D eigenvalue weighted by molar-refractivity contribution is 5.69. The smallest absolute Gasteiger partial charge is 0.307 e. The molecule has 0 saturated carbocycles. The minimum Gasteiger partial charge on any atom is -0.469 e. The normalized spacial score (nSPS) is 23.1. The molecule has 0 aromatic heterocycles. The molecule has 1 N–H and O–H groups in total. The molecule has 2 unspecified atom stereocenters. The number of piperidine rings is 1. The molecule has 1 heterocycles. The van der Waals surface area contributed by atoms with Crippen LogP contribution in [0, 0.1) is 5.92 Å². The number of nitrogens with zero attached hydrogens (tertiary/aromatic N) is 1. The molecule has 1 rings (SSSR count). The predicted octanol–water partition coefficient (Wildman–Crippen LogP) is 1.65. The van der Waals surface area contributed by atoms with Gasteiger partial charge in [-0.25, -0.2) is 0 Å². The van der Waals surface area contributed by atoms with E-state index in [4.69, 9.17) is 4.74 Å². The van der Waals surface area contributed by atoms with Crippen LogP contribution in [0.2, 0.25) is 0 Å². The van der Waals surface area contributed by atoms with Gasteiger partial charge in [0, 0.05) is 18.6 Å². The third-order valence-electron chi connectivity index (χ3n) is 3.68. The summed E-state index contributed by atoms with van der Waals surface area (Å²) in [5.41, 5.74) is 0. The van der Waals surface area contributed by atoms with Crippen LogP contribution in [-0.2, 0) is 9.53 Å². The van der Waals surface area contributed by atoms with E-state index < -0.39 is 0 Å². The summed E-state index contributed by atoms with van der Waals surface area (Å²) in [6, 6.07) is 0.840. The molecular weight excluding hydrogens is 228 g/mol. The zero-order valence-corrected chi connectivity index (χ0v) is 12.2. The van der Waals surface area contributed by atoms with Gasteiger partial charge in [-0.2, -0.15) is 0 Å². The van der Waals surface area contributed by atoms with Crippen molar-refractivity contribution in [2.75, 3.05) is 26.7 Å². The Morgan fingerprint density at radius 3 is 2.78 bits per heavy atom. The Labute approximate surface area is 111 Å². The summed E-state index contributed by atoms with van der Waals surface area (Å²) in [6.45, 7) is 9.77. The second-order valence-corrected chi connectivity index (χ2v) is 5.70. The van der Waals surface area contributed by atoms with Crippen molar-refractivity contribution in [2.24, 2.45) is 5.92 Å². The van der Waals surface area contributed by atoms with Crippen molar-refractivity contribution >= 4 is 5.97 Å². The topological polar surface area (TPSA) is 41.6 Å². The van der Waals surface area contributed by atoms with Gasteiger partial charge in [-0.1, -0.05) is 13.8 Å². The Morgan fingerprint density at radius 2 is 2.17 bits per heavy atom. The fourth-order valence-electron chi connectivity index (χ4n) is 2.52. The number of carbonyl (C=O) groups excluding carboxylic acids is 1. The third kappa shape index (κ3) is 5.36. The van der Waals surface area contributed by atoms with Crippen LogP contribution in [0.25, 0.3) is 0 Å². The minimum absolute atomic E-state index is 0.107. The van der Waals surface area contributed by atoms with Crippen molar-refractivity contribution in [2.45, 2.75) is 52.1 Å². The van der Waals surface area contributed by atoms with E-state index in [1.807, 2.05) is 0 Å². The van der Waals surface area contributed by atoms with Gasteiger partial charge in [0.2, 0.25) is 0 Å². The van der Waals surface area contributed by atoms with E-state index in [9.17, 15) is 4.79 Å². The summed E-state index contributed by atoms with van der Waals surface area (Å²) in [6.07, 6.45) is 3.03. The molecule has 4 nitrogen and oxygen atoms in total. The summed E-state index contributed by atoms with van der Waals surface area (Å²) in [5.74, 6) is 0.603. The van der Waals surface area contributed by atoms with Gasteiger partial charge in [-0.05, 0) is 38.8 Å². The number of nitrogens with one attached hydrogen (secondary N) is 1. The van der Waals surface area contributed by atoms with E-state index in [1.165, 1.54) is 20.0 Å². The first-order chi connectivity index (χ1) is 8.52. The monoisotopic (exact) mass is 256 g/mol. The number of carbonyl (C=O) groups is 1. The lowest BCUT2D eigenvalue weighted by molar-refractivity contribution is -0.142. The number of ether oxygens (including phenoxy) is 1. The van der Waals surface area contributed by atoms with Crippen LogP contribution >= 0.6 is 0 Å².